The summed E-state index contributed by atoms with van der Waals surface area (Å²) >= 11 is 0. The van der Waals surface area contributed by atoms with Gasteiger partial charge in [-0.25, -0.2) is 0 Å². The van der Waals surface area contributed by atoms with Crippen molar-refractivity contribution in [2.75, 3.05) is 6.61 Å². The maximum atomic E-state index is 13.3. The van der Waals surface area contributed by atoms with Gasteiger partial charge in [0.1, 0.15) is 0 Å². The lowest BCUT2D eigenvalue weighted by atomic mass is 9.94. The van der Waals surface area contributed by atoms with Gasteiger partial charge in [-0.1, -0.05) is 56.2 Å². The molecule has 0 bridgehead atoms. The zero-order valence-corrected chi connectivity index (χ0v) is 18.1. The quantitative estimate of drug-likeness (QED) is 0.542. The predicted molar refractivity (Wildman–Crippen MR) is 124 cm³/mol. The van der Waals surface area contributed by atoms with Gasteiger partial charge in [-0.05, 0) is 71.2 Å². The molecular weight excluding hydrogens is 384 g/mol. The lowest BCUT2D eigenvalue weighted by Crippen LogP contribution is -2.31. The Morgan fingerprint density at radius 2 is 1.84 bits per heavy atom. The highest BCUT2D eigenvalue weighted by Gasteiger charge is 2.21. The van der Waals surface area contributed by atoms with Crippen molar-refractivity contribution in [3.63, 3.8) is 0 Å². The number of carbonyl (C=O) groups is 1. The number of aromatic nitrogens is 1. The summed E-state index contributed by atoms with van der Waals surface area (Å²) in [5, 5.41) is 13.1. The molecule has 160 valence electrons. The van der Waals surface area contributed by atoms with Crippen LogP contribution in [0.4, 0.5) is 0 Å². The van der Waals surface area contributed by atoms with Crippen LogP contribution in [0.3, 0.4) is 0 Å². The summed E-state index contributed by atoms with van der Waals surface area (Å²) in [6.07, 6.45) is 9.28. The van der Waals surface area contributed by atoms with Gasteiger partial charge in [0.05, 0.1) is 12.6 Å². The Morgan fingerprint density at radius 1 is 1.06 bits per heavy atom. The second-order valence-corrected chi connectivity index (χ2v) is 8.32. The minimum absolute atomic E-state index is 0.134. The van der Waals surface area contributed by atoms with Crippen molar-refractivity contribution in [1.29, 1.82) is 0 Å². The number of amides is 1. The molecule has 2 aromatic carbocycles. The van der Waals surface area contributed by atoms with E-state index in [1.165, 1.54) is 31.2 Å². The van der Waals surface area contributed by atoms with Crippen molar-refractivity contribution in [2.45, 2.75) is 51.0 Å². The Balaban J connectivity index is 1.58. The maximum absolute atomic E-state index is 13.3. The van der Waals surface area contributed by atoms with Crippen molar-refractivity contribution < 1.29 is 9.90 Å². The Kier molecular flexibility index (Phi) is 6.78. The molecule has 1 saturated carbocycles. The van der Waals surface area contributed by atoms with Crippen molar-refractivity contribution in [3.8, 4) is 11.1 Å². The van der Waals surface area contributed by atoms with E-state index < -0.39 is 6.04 Å². The highest BCUT2D eigenvalue weighted by molar-refractivity contribution is 5.97. The number of aryl methyl sites for hydroxylation is 1. The van der Waals surface area contributed by atoms with E-state index >= 15 is 0 Å². The number of pyridine rings is 1. The van der Waals surface area contributed by atoms with Gasteiger partial charge in [0, 0.05) is 18.0 Å². The molecule has 1 aliphatic carbocycles. The smallest absolute Gasteiger partial charge is 0.252 e. The largest absolute Gasteiger partial charge is 0.394 e. The van der Waals surface area contributed by atoms with Crippen LogP contribution in [-0.2, 0) is 6.42 Å². The van der Waals surface area contributed by atoms with E-state index in [0.717, 1.165) is 28.7 Å². The molecule has 1 aliphatic rings. The summed E-state index contributed by atoms with van der Waals surface area (Å²) in [5.74, 6) is 0.441. The molecule has 3 aromatic rings. The first-order valence-corrected chi connectivity index (χ1v) is 11.2. The molecule has 2 N–H and O–H groups in total. The first-order chi connectivity index (χ1) is 15.2. The van der Waals surface area contributed by atoms with Crippen LogP contribution < -0.4 is 5.32 Å². The van der Waals surface area contributed by atoms with E-state index in [4.69, 9.17) is 0 Å². The van der Waals surface area contributed by atoms with Gasteiger partial charge >= 0.3 is 0 Å². The standard InChI is InChI=1S/C27H30N2O2/c1-2-19-10-11-23(21-12-14-28-15-13-21)17-25(19)27(31)29-26(18-30)24-9-5-8-22(16-24)20-6-3-4-7-20/h5,8-17,20,26,30H,2-4,6-7,18H2,1H3,(H,29,31)/t26-/m1/s1. The maximum Gasteiger partial charge on any atom is 0.252 e. The number of aliphatic hydroxyl groups is 1. The number of nitrogens with one attached hydrogen (secondary N) is 1. The molecule has 1 heterocycles. The van der Waals surface area contributed by atoms with E-state index in [0.29, 0.717) is 11.5 Å². The highest BCUT2D eigenvalue weighted by atomic mass is 16.3. The van der Waals surface area contributed by atoms with E-state index in [-0.39, 0.29) is 12.5 Å². The zero-order chi connectivity index (χ0) is 21.6. The molecule has 0 aliphatic heterocycles. The van der Waals surface area contributed by atoms with Crippen LogP contribution in [-0.4, -0.2) is 22.6 Å². The third kappa shape index (κ3) is 4.86. The molecular formula is C27H30N2O2. The molecule has 31 heavy (non-hydrogen) atoms. The van der Waals surface area contributed by atoms with Gasteiger partial charge in [0.25, 0.3) is 5.91 Å². The summed E-state index contributed by atoms with van der Waals surface area (Å²) < 4.78 is 0. The van der Waals surface area contributed by atoms with Crippen molar-refractivity contribution in [1.82, 2.24) is 10.3 Å². The van der Waals surface area contributed by atoms with Crippen molar-refractivity contribution in [3.05, 3.63) is 89.2 Å². The molecule has 1 aromatic heterocycles. The zero-order valence-electron chi connectivity index (χ0n) is 18.1. The Morgan fingerprint density at radius 3 is 2.55 bits per heavy atom. The molecule has 0 radical (unpaired) electrons. The molecule has 4 rings (SSSR count). The number of benzene rings is 2. The van der Waals surface area contributed by atoms with Crippen molar-refractivity contribution >= 4 is 5.91 Å². The van der Waals surface area contributed by atoms with Crippen LogP contribution in [0.1, 0.15) is 71.6 Å². The number of aliphatic hydroxyl groups excluding tert-OH is 1. The molecule has 0 spiro atoms. The van der Waals surface area contributed by atoms with Gasteiger partial charge in [0.15, 0.2) is 0 Å². The van der Waals surface area contributed by atoms with E-state index in [1.807, 2.05) is 49.4 Å². The third-order valence-electron chi connectivity index (χ3n) is 6.38. The number of rotatable bonds is 7. The molecule has 0 saturated heterocycles. The minimum atomic E-state index is -0.428. The van der Waals surface area contributed by atoms with Gasteiger partial charge in [-0.3, -0.25) is 9.78 Å². The van der Waals surface area contributed by atoms with E-state index in [1.54, 1.807) is 12.4 Å². The average Bonchev–Trinajstić information content (AvgIpc) is 3.38. The lowest BCUT2D eigenvalue weighted by Gasteiger charge is -2.20. The number of hydrogen-bond acceptors (Lipinski definition) is 3. The van der Waals surface area contributed by atoms with E-state index in [9.17, 15) is 9.90 Å². The average molecular weight is 415 g/mol. The predicted octanol–water partition coefficient (Wildman–Crippen LogP) is 5.43. The summed E-state index contributed by atoms with van der Waals surface area (Å²) in [6, 6.07) is 17.8. The van der Waals surface area contributed by atoms with Crippen LogP contribution >= 0.6 is 0 Å². The second kappa shape index (κ2) is 9.88. The van der Waals surface area contributed by atoms with Gasteiger partial charge < -0.3 is 10.4 Å². The van der Waals surface area contributed by atoms with Crippen molar-refractivity contribution in [2.24, 2.45) is 0 Å². The first kappa shape index (κ1) is 21.3. The molecule has 1 amide bonds. The Bertz CT molecular complexity index is 1030. The highest BCUT2D eigenvalue weighted by Crippen LogP contribution is 2.35. The first-order valence-electron chi connectivity index (χ1n) is 11.2. The summed E-state index contributed by atoms with van der Waals surface area (Å²) in [7, 11) is 0. The van der Waals surface area contributed by atoms with Crippen LogP contribution in [0.2, 0.25) is 0 Å². The second-order valence-electron chi connectivity index (χ2n) is 8.32. The minimum Gasteiger partial charge on any atom is -0.394 e. The van der Waals surface area contributed by atoms with Crippen LogP contribution in [0, 0.1) is 0 Å². The topological polar surface area (TPSA) is 62.2 Å². The van der Waals surface area contributed by atoms with Gasteiger partial charge in [0.2, 0.25) is 0 Å². The molecule has 4 nitrogen and oxygen atoms in total. The number of hydrogen-bond donors (Lipinski definition) is 2. The monoisotopic (exact) mass is 414 g/mol. The molecule has 1 atom stereocenters. The summed E-state index contributed by atoms with van der Waals surface area (Å²) in [5.41, 5.74) is 5.93. The molecule has 1 fully saturated rings. The third-order valence-corrected chi connectivity index (χ3v) is 6.38. The SMILES string of the molecule is CCc1ccc(-c2ccncc2)cc1C(=O)N[C@H](CO)c1cccc(C2CCCC2)c1. The van der Waals surface area contributed by atoms with E-state index in [2.05, 4.69) is 22.4 Å². The fourth-order valence-corrected chi connectivity index (χ4v) is 4.58. The molecule has 0 unspecified atom stereocenters. The van der Waals surface area contributed by atoms with Gasteiger partial charge in [-0.2, -0.15) is 0 Å². The molecule has 4 heteroatoms. The van der Waals surface area contributed by atoms with Crippen LogP contribution in [0.5, 0.6) is 0 Å². The fourth-order valence-electron chi connectivity index (χ4n) is 4.58. The van der Waals surface area contributed by atoms with Crippen LogP contribution in [0.25, 0.3) is 11.1 Å². The number of carbonyl (C=O) groups excluding carboxylic acids is 1. The Labute approximate surface area is 184 Å². The summed E-state index contributed by atoms with van der Waals surface area (Å²) in [4.78, 5) is 17.3. The fraction of sp³-hybridized carbons (Fsp3) is 0.333. The number of nitrogens with zero attached hydrogens (tertiary/aromatic N) is 1. The normalized spacial score (nSPS) is 15.0. The lowest BCUT2D eigenvalue weighted by molar-refractivity contribution is 0.0915. The summed E-state index contributed by atoms with van der Waals surface area (Å²) in [6.45, 7) is 1.91. The van der Waals surface area contributed by atoms with Crippen LogP contribution in [0.15, 0.2) is 67.0 Å². The Hall–Kier alpha value is -2.98. The van der Waals surface area contributed by atoms with Gasteiger partial charge in [-0.15, -0.1) is 0 Å².